The van der Waals surface area contributed by atoms with E-state index >= 15 is 0 Å². The number of quaternary nitrogens is 1. The number of aromatic nitrogens is 2. The van der Waals surface area contributed by atoms with Crippen molar-refractivity contribution in [2.24, 2.45) is 0 Å². The molecule has 0 radical (unpaired) electrons. The molecule has 1 N–H and O–H groups in total. The Balaban J connectivity index is 1.72. The third-order valence-electron chi connectivity index (χ3n) is 5.98. The van der Waals surface area contributed by atoms with Gasteiger partial charge in [-0.2, -0.15) is 0 Å². The van der Waals surface area contributed by atoms with Gasteiger partial charge in [0.2, 0.25) is 6.23 Å². The normalized spacial score (nSPS) is 30.2. The standard InChI is InChI=1S/C19H34N4O3S/c1-3-4-5-9-12-22-14-23(25,18(24)16(22)13-26-2)19-21-20-17(27-19)15-10-7-6-8-11-15/h15-16,18,24H,3-14H2,1-2H3. The van der Waals surface area contributed by atoms with Crippen LogP contribution >= 0.6 is 11.3 Å². The first kappa shape index (κ1) is 21.1. The Morgan fingerprint density at radius 1 is 1.22 bits per heavy atom. The second-order valence-electron chi connectivity index (χ2n) is 8.00. The highest BCUT2D eigenvalue weighted by Crippen LogP contribution is 2.40. The Labute approximate surface area is 166 Å². The highest BCUT2D eigenvalue weighted by Gasteiger charge is 2.50. The molecule has 2 heterocycles. The number of aliphatic hydroxyl groups is 1. The van der Waals surface area contributed by atoms with E-state index in [2.05, 4.69) is 22.0 Å². The molecule has 1 aromatic heterocycles. The summed E-state index contributed by atoms with van der Waals surface area (Å²) in [4.78, 5) is 2.08. The fourth-order valence-electron chi connectivity index (χ4n) is 4.33. The molecular weight excluding hydrogens is 364 g/mol. The van der Waals surface area contributed by atoms with Gasteiger partial charge in [-0.1, -0.05) is 50.5 Å². The summed E-state index contributed by atoms with van der Waals surface area (Å²) in [6, 6.07) is -0.295. The lowest BCUT2D eigenvalue weighted by Crippen LogP contribution is -2.51. The van der Waals surface area contributed by atoms with Crippen molar-refractivity contribution in [1.82, 2.24) is 19.7 Å². The summed E-state index contributed by atoms with van der Waals surface area (Å²) in [5, 5.41) is 34.4. The topological polar surface area (TPSA) is 81.5 Å². The average molecular weight is 399 g/mol. The largest absolute Gasteiger partial charge is 0.623 e. The van der Waals surface area contributed by atoms with E-state index < -0.39 is 10.9 Å². The van der Waals surface area contributed by atoms with E-state index in [0.717, 1.165) is 37.2 Å². The molecule has 2 fully saturated rings. The minimum atomic E-state index is -1.08. The van der Waals surface area contributed by atoms with Gasteiger partial charge in [-0.05, 0) is 30.6 Å². The molecule has 27 heavy (non-hydrogen) atoms. The van der Waals surface area contributed by atoms with Crippen LogP contribution < -0.4 is 4.65 Å². The third kappa shape index (κ3) is 4.68. The molecule has 0 amide bonds. The van der Waals surface area contributed by atoms with Crippen molar-refractivity contribution in [3.8, 4) is 0 Å². The molecule has 3 rings (SSSR count). The zero-order valence-corrected chi connectivity index (χ0v) is 17.5. The Morgan fingerprint density at radius 2 is 2.00 bits per heavy atom. The van der Waals surface area contributed by atoms with Crippen molar-refractivity contribution in [3.05, 3.63) is 10.2 Å². The SMILES string of the molecule is CCCCCCN1C[N+]([O-])(c2nnc(C3CCCCC3)s2)C(O)C1COC. The Morgan fingerprint density at radius 3 is 2.70 bits per heavy atom. The zero-order chi connectivity index (χ0) is 19.3. The van der Waals surface area contributed by atoms with E-state index in [-0.39, 0.29) is 12.7 Å². The van der Waals surface area contributed by atoms with E-state index in [1.807, 2.05) is 0 Å². The molecule has 1 aliphatic heterocycles. The second-order valence-corrected chi connectivity index (χ2v) is 8.99. The van der Waals surface area contributed by atoms with Crippen LogP contribution in [0, 0.1) is 5.21 Å². The molecule has 2 aliphatic rings. The third-order valence-corrected chi connectivity index (χ3v) is 7.17. The summed E-state index contributed by atoms with van der Waals surface area (Å²) in [6.45, 7) is 3.57. The molecule has 1 aliphatic carbocycles. The lowest BCUT2D eigenvalue weighted by atomic mass is 9.90. The average Bonchev–Trinajstić information content (AvgIpc) is 3.27. The molecule has 0 bridgehead atoms. The van der Waals surface area contributed by atoms with Gasteiger partial charge >= 0.3 is 5.13 Å². The highest BCUT2D eigenvalue weighted by atomic mass is 32.1. The van der Waals surface area contributed by atoms with Gasteiger partial charge < -0.3 is 15.1 Å². The van der Waals surface area contributed by atoms with Crippen molar-refractivity contribution >= 4 is 16.5 Å². The Bertz CT molecular complexity index is 581. The summed E-state index contributed by atoms with van der Waals surface area (Å²) in [7, 11) is 1.62. The van der Waals surface area contributed by atoms with Crippen LogP contribution in [0.1, 0.15) is 75.6 Å². The smallest absolute Gasteiger partial charge is 0.309 e. The molecule has 0 spiro atoms. The fourth-order valence-corrected chi connectivity index (χ4v) is 5.41. The van der Waals surface area contributed by atoms with Crippen LogP contribution in [0.5, 0.6) is 0 Å². The van der Waals surface area contributed by atoms with Crippen LogP contribution in [-0.2, 0) is 4.74 Å². The van der Waals surface area contributed by atoms with Crippen molar-refractivity contribution in [2.45, 2.75) is 82.9 Å². The molecule has 8 heteroatoms. The Hall–Kier alpha value is -0.640. The number of nitrogens with zero attached hydrogens (tertiary/aromatic N) is 4. The van der Waals surface area contributed by atoms with E-state index in [9.17, 15) is 10.3 Å². The fraction of sp³-hybridized carbons (Fsp3) is 0.895. The van der Waals surface area contributed by atoms with E-state index in [0.29, 0.717) is 17.7 Å². The van der Waals surface area contributed by atoms with Gasteiger partial charge in [0.25, 0.3) is 0 Å². The first-order valence-corrected chi connectivity index (χ1v) is 11.3. The zero-order valence-electron chi connectivity index (χ0n) is 16.7. The summed E-state index contributed by atoms with van der Waals surface area (Å²) in [5.41, 5.74) is 0. The molecular formula is C19H34N4O3S. The predicted molar refractivity (Wildman–Crippen MR) is 108 cm³/mol. The molecule has 1 aromatic rings. The van der Waals surface area contributed by atoms with E-state index in [1.165, 1.54) is 43.4 Å². The molecule has 154 valence electrons. The summed E-state index contributed by atoms with van der Waals surface area (Å²) < 4.78 is 4.49. The van der Waals surface area contributed by atoms with Crippen molar-refractivity contribution < 1.29 is 9.84 Å². The van der Waals surface area contributed by atoms with Gasteiger partial charge in [0.05, 0.1) is 6.61 Å². The quantitative estimate of drug-likeness (QED) is 0.389. The number of ether oxygens (including phenoxy) is 1. The summed E-state index contributed by atoms with van der Waals surface area (Å²) in [5.74, 6) is 0.427. The maximum Gasteiger partial charge on any atom is 0.309 e. The molecule has 7 nitrogen and oxygen atoms in total. The first-order chi connectivity index (χ1) is 13.1. The number of methoxy groups -OCH3 is 1. The number of hydrogen-bond acceptors (Lipinski definition) is 7. The minimum Gasteiger partial charge on any atom is -0.623 e. The van der Waals surface area contributed by atoms with Crippen molar-refractivity contribution in [2.75, 3.05) is 26.9 Å². The number of aliphatic hydroxyl groups excluding tert-OH is 1. The van der Waals surface area contributed by atoms with Crippen LogP contribution in [0.25, 0.3) is 0 Å². The van der Waals surface area contributed by atoms with Gasteiger partial charge in [0, 0.05) is 19.6 Å². The van der Waals surface area contributed by atoms with Gasteiger partial charge in [-0.25, -0.2) is 4.90 Å². The van der Waals surface area contributed by atoms with Crippen molar-refractivity contribution in [1.29, 1.82) is 0 Å². The van der Waals surface area contributed by atoms with E-state index in [4.69, 9.17) is 4.74 Å². The van der Waals surface area contributed by atoms with Gasteiger partial charge in [-0.3, -0.25) is 4.65 Å². The number of unbranched alkanes of at least 4 members (excludes halogenated alkanes) is 3. The lowest BCUT2D eigenvalue weighted by Gasteiger charge is -2.37. The Kier molecular flexibility index (Phi) is 7.58. The summed E-state index contributed by atoms with van der Waals surface area (Å²) >= 11 is 1.40. The predicted octanol–water partition coefficient (Wildman–Crippen LogP) is 3.58. The molecule has 1 saturated heterocycles. The first-order valence-electron chi connectivity index (χ1n) is 10.4. The van der Waals surface area contributed by atoms with Crippen LogP contribution in [0.2, 0.25) is 0 Å². The lowest BCUT2D eigenvalue weighted by molar-refractivity contribution is 0.0190. The summed E-state index contributed by atoms with van der Waals surface area (Å²) in [6.07, 6.45) is 9.47. The van der Waals surface area contributed by atoms with Gasteiger partial charge in [0.15, 0.2) is 0 Å². The van der Waals surface area contributed by atoms with Gasteiger partial charge in [-0.15, -0.1) is 5.10 Å². The van der Waals surface area contributed by atoms with Crippen LogP contribution in [-0.4, -0.2) is 59.4 Å². The van der Waals surface area contributed by atoms with Crippen molar-refractivity contribution in [3.63, 3.8) is 0 Å². The number of hydrogen-bond donors (Lipinski definition) is 1. The van der Waals surface area contributed by atoms with Crippen LogP contribution in [0.15, 0.2) is 0 Å². The molecule has 3 unspecified atom stereocenters. The molecule has 3 atom stereocenters. The van der Waals surface area contributed by atoms with Gasteiger partial charge in [0.1, 0.15) is 17.7 Å². The van der Waals surface area contributed by atoms with E-state index in [1.54, 1.807) is 7.11 Å². The highest BCUT2D eigenvalue weighted by molar-refractivity contribution is 7.15. The number of hydroxylamine groups is 2. The van der Waals surface area contributed by atoms with Crippen LogP contribution in [0.4, 0.5) is 5.13 Å². The van der Waals surface area contributed by atoms with Crippen LogP contribution in [0.3, 0.4) is 0 Å². The minimum absolute atomic E-state index is 0.223. The monoisotopic (exact) mass is 398 g/mol. The second kappa shape index (κ2) is 9.71. The molecule has 1 saturated carbocycles. The maximum absolute atomic E-state index is 13.6. The maximum atomic E-state index is 13.6. The number of rotatable bonds is 9. The molecule has 0 aromatic carbocycles.